The standard InChI is InChI=1S/C13H14BrClN4O2/c1-3-6-20-12-17-11(16-2)18-13(19-12)21-10-5-4-8(14)7-9(10)15/h4-5,7H,3,6H2,1-2H3,(H,16,17,18,19). The number of anilines is 1. The van der Waals surface area contributed by atoms with E-state index in [-0.39, 0.29) is 12.0 Å². The maximum absolute atomic E-state index is 6.10. The van der Waals surface area contributed by atoms with Crippen molar-refractivity contribution in [3.63, 3.8) is 0 Å². The van der Waals surface area contributed by atoms with Crippen LogP contribution in [-0.2, 0) is 0 Å². The van der Waals surface area contributed by atoms with Crippen LogP contribution in [-0.4, -0.2) is 28.6 Å². The van der Waals surface area contributed by atoms with Gasteiger partial charge in [-0.2, -0.15) is 9.97 Å². The van der Waals surface area contributed by atoms with Crippen LogP contribution in [0.25, 0.3) is 0 Å². The van der Waals surface area contributed by atoms with Gasteiger partial charge in [-0.25, -0.2) is 0 Å². The van der Waals surface area contributed by atoms with Crippen LogP contribution in [0.4, 0.5) is 5.95 Å². The SMILES string of the molecule is CCCOc1nc(NC)nc(Oc2ccc(Br)cc2Cl)n1. The number of benzene rings is 1. The number of ether oxygens (including phenoxy) is 2. The van der Waals surface area contributed by atoms with Gasteiger partial charge in [-0.15, -0.1) is 4.98 Å². The topological polar surface area (TPSA) is 69.2 Å². The molecule has 1 aromatic heterocycles. The highest BCUT2D eigenvalue weighted by Crippen LogP contribution is 2.30. The minimum absolute atomic E-state index is 0.115. The second-order valence-corrected chi connectivity index (χ2v) is 5.32. The van der Waals surface area contributed by atoms with Crippen molar-refractivity contribution >= 4 is 33.5 Å². The molecular weight excluding hydrogens is 360 g/mol. The van der Waals surface area contributed by atoms with Crippen molar-refractivity contribution in [2.45, 2.75) is 13.3 Å². The maximum Gasteiger partial charge on any atom is 0.330 e. The van der Waals surface area contributed by atoms with E-state index in [1.54, 1.807) is 19.2 Å². The molecule has 0 aliphatic rings. The van der Waals surface area contributed by atoms with Crippen LogP contribution in [0.3, 0.4) is 0 Å². The molecule has 0 aliphatic carbocycles. The van der Waals surface area contributed by atoms with Gasteiger partial charge >= 0.3 is 12.0 Å². The molecule has 1 heterocycles. The lowest BCUT2D eigenvalue weighted by atomic mass is 10.3. The largest absolute Gasteiger partial charge is 0.463 e. The molecule has 0 saturated carbocycles. The third-order valence-corrected chi connectivity index (χ3v) is 3.14. The van der Waals surface area contributed by atoms with E-state index in [1.165, 1.54) is 0 Å². The molecule has 21 heavy (non-hydrogen) atoms. The minimum atomic E-state index is 0.115. The van der Waals surface area contributed by atoms with Crippen molar-refractivity contribution < 1.29 is 9.47 Å². The third-order valence-electron chi connectivity index (χ3n) is 2.35. The smallest absolute Gasteiger partial charge is 0.330 e. The zero-order valence-electron chi connectivity index (χ0n) is 11.6. The fraction of sp³-hybridized carbons (Fsp3) is 0.308. The van der Waals surface area contributed by atoms with Crippen LogP contribution in [0.2, 0.25) is 5.02 Å². The molecule has 0 unspecified atom stereocenters. The molecule has 1 N–H and O–H groups in total. The van der Waals surface area contributed by atoms with Gasteiger partial charge in [-0.1, -0.05) is 34.5 Å². The predicted octanol–water partition coefficient (Wildman–Crippen LogP) is 3.91. The summed E-state index contributed by atoms with van der Waals surface area (Å²) in [5, 5.41) is 3.28. The van der Waals surface area contributed by atoms with Crippen molar-refractivity contribution in [2.75, 3.05) is 19.0 Å². The molecule has 1 aromatic carbocycles. The van der Waals surface area contributed by atoms with Gasteiger partial charge in [0.2, 0.25) is 5.95 Å². The summed E-state index contributed by atoms with van der Waals surface area (Å²) < 4.78 is 11.9. The van der Waals surface area contributed by atoms with Crippen molar-refractivity contribution in [2.24, 2.45) is 0 Å². The van der Waals surface area contributed by atoms with Crippen LogP contribution in [0.1, 0.15) is 13.3 Å². The second-order valence-electron chi connectivity index (χ2n) is 4.00. The second kappa shape index (κ2) is 7.42. The summed E-state index contributed by atoms with van der Waals surface area (Å²) in [6.07, 6.45) is 0.856. The Morgan fingerprint density at radius 1 is 1.24 bits per heavy atom. The van der Waals surface area contributed by atoms with Gasteiger partial charge in [0.25, 0.3) is 0 Å². The summed E-state index contributed by atoms with van der Waals surface area (Å²) in [7, 11) is 1.70. The lowest BCUT2D eigenvalue weighted by molar-refractivity contribution is 0.285. The Labute approximate surface area is 136 Å². The predicted molar refractivity (Wildman–Crippen MR) is 84.4 cm³/mol. The van der Waals surface area contributed by atoms with Crippen LogP contribution in [0.15, 0.2) is 22.7 Å². The molecule has 0 amide bonds. The first kappa shape index (κ1) is 15.8. The monoisotopic (exact) mass is 372 g/mol. The Morgan fingerprint density at radius 3 is 2.67 bits per heavy atom. The maximum atomic E-state index is 6.10. The van der Waals surface area contributed by atoms with E-state index in [9.17, 15) is 0 Å². The molecule has 6 nitrogen and oxygen atoms in total. The Morgan fingerprint density at radius 2 is 2.00 bits per heavy atom. The van der Waals surface area contributed by atoms with E-state index in [1.807, 2.05) is 13.0 Å². The summed E-state index contributed by atoms with van der Waals surface area (Å²) in [6.45, 7) is 2.52. The number of aromatic nitrogens is 3. The third kappa shape index (κ3) is 4.44. The Bertz CT molecular complexity index is 627. The first-order chi connectivity index (χ1) is 10.1. The molecule has 0 spiro atoms. The summed E-state index contributed by atoms with van der Waals surface area (Å²) in [6, 6.07) is 5.59. The van der Waals surface area contributed by atoms with E-state index < -0.39 is 0 Å². The molecule has 0 radical (unpaired) electrons. The minimum Gasteiger partial charge on any atom is -0.463 e. The van der Waals surface area contributed by atoms with Crippen LogP contribution >= 0.6 is 27.5 Å². The molecule has 0 fully saturated rings. The van der Waals surface area contributed by atoms with Gasteiger partial charge in [-0.3, -0.25) is 0 Å². The van der Waals surface area contributed by atoms with Crippen molar-refractivity contribution in [1.29, 1.82) is 0 Å². The van der Waals surface area contributed by atoms with E-state index in [0.29, 0.717) is 23.3 Å². The van der Waals surface area contributed by atoms with Gasteiger partial charge in [0, 0.05) is 11.5 Å². The lowest BCUT2D eigenvalue weighted by Crippen LogP contribution is -2.06. The van der Waals surface area contributed by atoms with Crippen LogP contribution in [0, 0.1) is 0 Å². The van der Waals surface area contributed by atoms with E-state index in [2.05, 4.69) is 36.2 Å². The number of rotatable bonds is 6. The van der Waals surface area contributed by atoms with Crippen LogP contribution < -0.4 is 14.8 Å². The first-order valence-corrected chi connectivity index (χ1v) is 7.49. The normalized spacial score (nSPS) is 10.3. The highest BCUT2D eigenvalue weighted by atomic mass is 79.9. The molecule has 0 aliphatic heterocycles. The fourth-order valence-corrected chi connectivity index (χ4v) is 2.12. The van der Waals surface area contributed by atoms with E-state index >= 15 is 0 Å². The molecule has 2 rings (SSSR count). The van der Waals surface area contributed by atoms with Crippen LogP contribution in [0.5, 0.6) is 17.8 Å². The van der Waals surface area contributed by atoms with Gasteiger partial charge in [-0.05, 0) is 24.6 Å². The average Bonchev–Trinajstić information content (AvgIpc) is 2.48. The van der Waals surface area contributed by atoms with Gasteiger partial charge in [0.1, 0.15) is 5.75 Å². The molecule has 0 bridgehead atoms. The van der Waals surface area contributed by atoms with Gasteiger partial charge in [0.15, 0.2) is 0 Å². The summed E-state index contributed by atoms with van der Waals surface area (Å²) in [4.78, 5) is 12.3. The molecule has 0 atom stereocenters. The van der Waals surface area contributed by atoms with E-state index in [4.69, 9.17) is 21.1 Å². The zero-order chi connectivity index (χ0) is 15.2. The Kier molecular flexibility index (Phi) is 5.58. The summed E-state index contributed by atoms with van der Waals surface area (Å²) in [5.41, 5.74) is 0. The molecule has 0 saturated heterocycles. The van der Waals surface area contributed by atoms with Gasteiger partial charge in [0.05, 0.1) is 11.6 Å². The number of hydrogen-bond acceptors (Lipinski definition) is 6. The Balaban J connectivity index is 2.25. The first-order valence-electron chi connectivity index (χ1n) is 6.32. The van der Waals surface area contributed by atoms with Crippen molar-refractivity contribution in [3.05, 3.63) is 27.7 Å². The quantitative estimate of drug-likeness (QED) is 0.828. The summed E-state index contributed by atoms with van der Waals surface area (Å²) in [5.74, 6) is 0.814. The molecule has 2 aromatic rings. The van der Waals surface area contributed by atoms with Gasteiger partial charge < -0.3 is 14.8 Å². The fourth-order valence-electron chi connectivity index (χ4n) is 1.41. The number of halogens is 2. The number of nitrogens with zero attached hydrogens (tertiary/aromatic N) is 3. The molecule has 112 valence electrons. The van der Waals surface area contributed by atoms with E-state index in [0.717, 1.165) is 10.9 Å². The lowest BCUT2D eigenvalue weighted by Gasteiger charge is -2.09. The highest BCUT2D eigenvalue weighted by molar-refractivity contribution is 9.10. The van der Waals surface area contributed by atoms with Crippen molar-refractivity contribution in [3.8, 4) is 17.8 Å². The average molecular weight is 374 g/mol. The zero-order valence-corrected chi connectivity index (χ0v) is 13.9. The highest BCUT2D eigenvalue weighted by Gasteiger charge is 2.11. The Hall–Kier alpha value is -1.60. The number of nitrogens with one attached hydrogen (secondary N) is 1. The molecule has 8 heteroatoms. The molecular formula is C13H14BrClN4O2. The summed E-state index contributed by atoms with van der Waals surface area (Å²) >= 11 is 9.44. The van der Waals surface area contributed by atoms with Crippen molar-refractivity contribution in [1.82, 2.24) is 15.0 Å². The number of hydrogen-bond donors (Lipinski definition) is 1.